The molecule has 1 amide bonds. The highest BCUT2D eigenvalue weighted by atomic mass is 16.4. The van der Waals surface area contributed by atoms with Crippen LogP contribution >= 0.6 is 0 Å². The Kier molecular flexibility index (Phi) is 4.52. The van der Waals surface area contributed by atoms with Gasteiger partial charge in [-0.15, -0.1) is 0 Å². The van der Waals surface area contributed by atoms with Crippen molar-refractivity contribution in [2.45, 2.75) is 31.7 Å². The molecule has 26 heavy (non-hydrogen) atoms. The Morgan fingerprint density at radius 1 is 1.08 bits per heavy atom. The van der Waals surface area contributed by atoms with Crippen molar-refractivity contribution in [3.05, 3.63) is 76.6 Å². The Morgan fingerprint density at radius 3 is 2.73 bits per heavy atom. The maximum atomic E-state index is 13.2. The lowest BCUT2D eigenvalue weighted by atomic mass is 10.0. The fourth-order valence-electron chi connectivity index (χ4n) is 3.66. The molecule has 3 heterocycles. The second-order valence-electron chi connectivity index (χ2n) is 6.63. The van der Waals surface area contributed by atoms with Crippen LogP contribution in [-0.2, 0) is 0 Å². The number of nitrogens with zero attached hydrogens (tertiary/aromatic N) is 2. The van der Waals surface area contributed by atoms with Crippen LogP contribution in [0.3, 0.4) is 0 Å². The third kappa shape index (κ3) is 3.12. The lowest BCUT2D eigenvalue weighted by molar-refractivity contribution is 0.0643. The lowest BCUT2D eigenvalue weighted by Gasteiger charge is -2.30. The predicted octanol–water partition coefficient (Wildman–Crippen LogP) is 3.95. The van der Waals surface area contributed by atoms with Crippen molar-refractivity contribution in [1.29, 1.82) is 0 Å². The zero-order valence-corrected chi connectivity index (χ0v) is 14.4. The Hall–Kier alpha value is -2.95. The van der Waals surface area contributed by atoms with E-state index < -0.39 is 5.63 Å². The topological polar surface area (TPSA) is 63.4 Å². The molecule has 1 saturated heterocycles. The standard InChI is InChI=1S/C21H20N2O3/c24-20(19-14-16-6-3-4-7-17(16)21(25)26-19)23-13-5-1-2-8-18(23)15-9-11-22-12-10-15/h3-4,6-7,9-12,14,18H,1-2,5,8,13H2/t18-/m1/s1. The zero-order valence-electron chi connectivity index (χ0n) is 14.4. The van der Waals surface area contributed by atoms with Gasteiger partial charge in [0.15, 0.2) is 5.76 Å². The SMILES string of the molecule is O=C(c1cc2ccccc2c(=O)o1)N1CCCCC[C@@H]1c1ccncc1. The van der Waals surface area contributed by atoms with E-state index in [9.17, 15) is 9.59 Å². The van der Waals surface area contributed by atoms with Crippen LogP contribution in [0, 0.1) is 0 Å². The highest BCUT2D eigenvalue weighted by Gasteiger charge is 2.29. The van der Waals surface area contributed by atoms with Gasteiger partial charge in [0.25, 0.3) is 5.91 Å². The summed E-state index contributed by atoms with van der Waals surface area (Å²) in [5, 5.41) is 1.22. The summed E-state index contributed by atoms with van der Waals surface area (Å²) in [6.45, 7) is 0.655. The highest BCUT2D eigenvalue weighted by molar-refractivity contribution is 5.95. The van der Waals surface area contributed by atoms with Gasteiger partial charge in [0.1, 0.15) is 0 Å². The van der Waals surface area contributed by atoms with Gasteiger partial charge < -0.3 is 9.32 Å². The van der Waals surface area contributed by atoms with Crippen molar-refractivity contribution in [3.8, 4) is 0 Å². The summed E-state index contributed by atoms with van der Waals surface area (Å²) >= 11 is 0. The van der Waals surface area contributed by atoms with Crippen LogP contribution in [0.2, 0.25) is 0 Å². The number of hydrogen-bond acceptors (Lipinski definition) is 4. The van der Waals surface area contributed by atoms with E-state index in [2.05, 4.69) is 4.98 Å². The van der Waals surface area contributed by atoms with Crippen LogP contribution in [0.1, 0.15) is 47.8 Å². The largest absolute Gasteiger partial charge is 0.417 e. The summed E-state index contributed by atoms with van der Waals surface area (Å²) in [6, 6.07) is 12.7. The molecule has 0 unspecified atom stereocenters. The van der Waals surface area contributed by atoms with Gasteiger partial charge in [-0.1, -0.05) is 31.0 Å². The number of amides is 1. The summed E-state index contributed by atoms with van der Waals surface area (Å²) < 4.78 is 5.37. The van der Waals surface area contributed by atoms with E-state index >= 15 is 0 Å². The number of rotatable bonds is 2. The Morgan fingerprint density at radius 2 is 1.88 bits per heavy atom. The highest BCUT2D eigenvalue weighted by Crippen LogP contribution is 2.31. The minimum atomic E-state index is -0.471. The second-order valence-corrected chi connectivity index (χ2v) is 6.63. The zero-order chi connectivity index (χ0) is 17.9. The number of aromatic nitrogens is 1. The van der Waals surface area contributed by atoms with Crippen LogP contribution in [0.4, 0.5) is 0 Å². The van der Waals surface area contributed by atoms with Crippen LogP contribution in [0.25, 0.3) is 10.8 Å². The molecule has 2 aromatic heterocycles. The van der Waals surface area contributed by atoms with Gasteiger partial charge in [-0.3, -0.25) is 9.78 Å². The van der Waals surface area contributed by atoms with Crippen LogP contribution < -0.4 is 5.63 Å². The number of likely N-dealkylation sites (tertiary alicyclic amines) is 1. The van der Waals surface area contributed by atoms with Gasteiger partial charge in [0.2, 0.25) is 0 Å². The normalized spacial score (nSPS) is 17.8. The lowest BCUT2D eigenvalue weighted by Crippen LogP contribution is -2.35. The van der Waals surface area contributed by atoms with E-state index in [1.54, 1.807) is 30.6 Å². The minimum absolute atomic E-state index is 0.0234. The Balaban J connectivity index is 1.74. The summed E-state index contributed by atoms with van der Waals surface area (Å²) in [5.41, 5.74) is 0.597. The molecule has 132 valence electrons. The molecular weight excluding hydrogens is 328 g/mol. The smallest absolute Gasteiger partial charge is 0.344 e. The minimum Gasteiger partial charge on any atom is -0.417 e. The van der Waals surface area contributed by atoms with Crippen molar-refractivity contribution < 1.29 is 9.21 Å². The second kappa shape index (κ2) is 7.12. The summed E-state index contributed by atoms with van der Waals surface area (Å²) in [5.74, 6) is -0.119. The van der Waals surface area contributed by atoms with E-state index in [1.807, 2.05) is 29.2 Å². The van der Waals surface area contributed by atoms with Crippen molar-refractivity contribution in [1.82, 2.24) is 9.88 Å². The van der Waals surface area contributed by atoms with Crippen LogP contribution in [0.5, 0.6) is 0 Å². The predicted molar refractivity (Wildman–Crippen MR) is 99.0 cm³/mol. The molecule has 0 saturated carbocycles. The first-order chi connectivity index (χ1) is 12.7. The third-order valence-electron chi connectivity index (χ3n) is 4.99. The third-order valence-corrected chi connectivity index (χ3v) is 4.99. The molecule has 1 fully saturated rings. The van der Waals surface area contributed by atoms with Gasteiger partial charge in [-0.25, -0.2) is 4.79 Å². The molecule has 1 atom stereocenters. The van der Waals surface area contributed by atoms with Gasteiger partial charge >= 0.3 is 5.63 Å². The first-order valence-corrected chi connectivity index (χ1v) is 8.98. The van der Waals surface area contributed by atoms with Gasteiger partial charge in [0.05, 0.1) is 11.4 Å². The van der Waals surface area contributed by atoms with Crippen LogP contribution in [0.15, 0.2) is 64.1 Å². The van der Waals surface area contributed by atoms with Crippen molar-refractivity contribution in [2.75, 3.05) is 6.54 Å². The average Bonchev–Trinajstić information content (AvgIpc) is 2.94. The quantitative estimate of drug-likeness (QED) is 0.703. The Labute approximate surface area is 151 Å². The molecule has 1 aliphatic heterocycles. The van der Waals surface area contributed by atoms with E-state index in [-0.39, 0.29) is 17.7 Å². The molecule has 0 spiro atoms. The van der Waals surface area contributed by atoms with E-state index in [0.717, 1.165) is 36.6 Å². The van der Waals surface area contributed by atoms with Gasteiger partial charge in [0, 0.05) is 18.9 Å². The summed E-state index contributed by atoms with van der Waals surface area (Å²) in [4.78, 5) is 31.4. The molecule has 0 aliphatic carbocycles. The fraction of sp³-hybridized carbons (Fsp3) is 0.286. The molecule has 5 heteroatoms. The molecule has 0 bridgehead atoms. The molecule has 5 nitrogen and oxygen atoms in total. The van der Waals surface area contributed by atoms with Crippen molar-refractivity contribution in [3.63, 3.8) is 0 Å². The van der Waals surface area contributed by atoms with Gasteiger partial charge in [-0.2, -0.15) is 0 Å². The number of hydrogen-bond donors (Lipinski definition) is 0. The van der Waals surface area contributed by atoms with Crippen molar-refractivity contribution >= 4 is 16.7 Å². The Bertz CT molecular complexity index is 981. The number of benzene rings is 1. The molecular formula is C21H20N2O3. The van der Waals surface area contributed by atoms with E-state index in [0.29, 0.717) is 11.9 Å². The van der Waals surface area contributed by atoms with Crippen molar-refractivity contribution in [2.24, 2.45) is 0 Å². The van der Waals surface area contributed by atoms with Gasteiger partial charge in [-0.05, 0) is 48.1 Å². The maximum absolute atomic E-state index is 13.2. The first-order valence-electron chi connectivity index (χ1n) is 8.98. The van der Waals surface area contributed by atoms with Crippen LogP contribution in [-0.4, -0.2) is 22.3 Å². The number of pyridine rings is 1. The molecule has 0 N–H and O–H groups in total. The maximum Gasteiger partial charge on any atom is 0.344 e. The first kappa shape index (κ1) is 16.5. The number of carbonyl (C=O) groups is 1. The average molecular weight is 348 g/mol. The monoisotopic (exact) mass is 348 g/mol. The molecule has 3 aromatic rings. The summed E-state index contributed by atoms with van der Waals surface area (Å²) in [6.07, 6.45) is 7.50. The molecule has 0 radical (unpaired) electrons. The molecule has 4 rings (SSSR count). The summed E-state index contributed by atoms with van der Waals surface area (Å²) in [7, 11) is 0. The number of fused-ring (bicyclic) bond motifs is 1. The molecule has 1 aliphatic rings. The number of carbonyl (C=O) groups excluding carboxylic acids is 1. The molecule has 1 aromatic carbocycles. The van der Waals surface area contributed by atoms with E-state index in [1.165, 1.54) is 0 Å². The van der Waals surface area contributed by atoms with E-state index in [4.69, 9.17) is 4.42 Å². The fourth-order valence-corrected chi connectivity index (χ4v) is 3.66.